The molecule has 0 atom stereocenters. The van der Waals surface area contributed by atoms with E-state index in [0.29, 0.717) is 12.0 Å². The van der Waals surface area contributed by atoms with E-state index in [9.17, 15) is 4.79 Å². The number of carbonyl (C=O) groups is 1. The molecule has 0 aromatic heterocycles. The lowest BCUT2D eigenvalue weighted by Crippen LogP contribution is -1.97. The van der Waals surface area contributed by atoms with Crippen molar-refractivity contribution in [2.45, 2.75) is 33.1 Å². The van der Waals surface area contributed by atoms with Gasteiger partial charge in [0.05, 0.1) is 0 Å². The second kappa shape index (κ2) is 5.01. The van der Waals surface area contributed by atoms with Crippen LogP contribution in [0.2, 0.25) is 0 Å². The summed E-state index contributed by atoms with van der Waals surface area (Å²) < 4.78 is 0. The van der Waals surface area contributed by atoms with Gasteiger partial charge in [0.25, 0.3) is 0 Å². The molecule has 0 aliphatic carbocycles. The van der Waals surface area contributed by atoms with Crippen molar-refractivity contribution in [3.63, 3.8) is 0 Å². The number of carbonyl (C=O) groups excluding carboxylic acids is 1. The lowest BCUT2D eigenvalue weighted by Gasteiger charge is -1.94. The van der Waals surface area contributed by atoms with Crippen molar-refractivity contribution in [2.75, 3.05) is 0 Å². The summed E-state index contributed by atoms with van der Waals surface area (Å²) in [5, 5.41) is 0. The van der Waals surface area contributed by atoms with E-state index < -0.39 is 0 Å². The number of hydrogen-bond donors (Lipinski definition) is 0. The maximum absolute atomic E-state index is 11.0. The van der Waals surface area contributed by atoms with Crippen LogP contribution in [0, 0.1) is 0 Å². The molecule has 0 spiro atoms. The summed E-state index contributed by atoms with van der Waals surface area (Å²) >= 11 is 0. The largest absolute Gasteiger partial charge is 0.294 e. The summed E-state index contributed by atoms with van der Waals surface area (Å²) in [6.07, 6.45) is 2.68. The first-order chi connectivity index (χ1) is 4.72. The number of hydrogen-bond acceptors (Lipinski definition) is 1. The summed E-state index contributed by atoms with van der Waals surface area (Å²) in [7, 11) is 0. The predicted molar refractivity (Wildman–Crippen MR) is 42.9 cm³/mol. The molecule has 0 N–H and O–H groups in total. The van der Waals surface area contributed by atoms with Gasteiger partial charge in [-0.25, -0.2) is 0 Å². The fourth-order valence-corrected chi connectivity index (χ4v) is 0.623. The molecule has 0 saturated carbocycles. The molecule has 0 unspecified atom stereocenters. The molecule has 0 aromatic rings. The number of unbranched alkanes of at least 4 members (excludes halogenated alkanes) is 1. The minimum atomic E-state index is 0.178. The van der Waals surface area contributed by atoms with Crippen molar-refractivity contribution in [1.29, 1.82) is 0 Å². The van der Waals surface area contributed by atoms with E-state index in [0.717, 1.165) is 12.8 Å². The second-order valence-corrected chi connectivity index (χ2v) is 2.33. The highest BCUT2D eigenvalue weighted by atomic mass is 16.1. The standard InChI is InChI=1S/C9H14O/c1-4-6-7-9(10)8(3)5-2/h2,4,6-7H2,1,3H3. The van der Waals surface area contributed by atoms with Gasteiger partial charge >= 0.3 is 0 Å². The molecule has 1 nitrogen and oxygen atoms in total. The van der Waals surface area contributed by atoms with Gasteiger partial charge in [0, 0.05) is 12.0 Å². The molecule has 1 heteroatoms. The van der Waals surface area contributed by atoms with Crippen LogP contribution in [0.15, 0.2) is 17.9 Å². The summed E-state index contributed by atoms with van der Waals surface area (Å²) in [6, 6.07) is 0. The number of ketones is 1. The van der Waals surface area contributed by atoms with Crippen LogP contribution in [0.1, 0.15) is 33.1 Å². The first kappa shape index (κ1) is 9.19. The van der Waals surface area contributed by atoms with Gasteiger partial charge in [-0.3, -0.25) is 4.79 Å². The number of rotatable bonds is 4. The summed E-state index contributed by atoms with van der Waals surface area (Å²) in [5.41, 5.74) is 3.25. The second-order valence-electron chi connectivity index (χ2n) is 2.33. The molecule has 0 aromatic carbocycles. The first-order valence-electron chi connectivity index (χ1n) is 3.62. The van der Waals surface area contributed by atoms with Crippen molar-refractivity contribution >= 4 is 5.78 Å². The Bertz CT molecular complexity index is 162. The Balaban J connectivity index is 3.75. The van der Waals surface area contributed by atoms with E-state index in [-0.39, 0.29) is 5.78 Å². The molecule has 0 bridgehead atoms. The van der Waals surface area contributed by atoms with Crippen LogP contribution in [0.3, 0.4) is 0 Å². The maximum atomic E-state index is 11.0. The fourth-order valence-electron chi connectivity index (χ4n) is 0.623. The van der Waals surface area contributed by atoms with Crippen molar-refractivity contribution in [3.05, 3.63) is 17.9 Å². The summed E-state index contributed by atoms with van der Waals surface area (Å²) in [4.78, 5) is 11.0. The summed E-state index contributed by atoms with van der Waals surface area (Å²) in [5.74, 6) is 0.178. The Morgan fingerprint density at radius 1 is 1.60 bits per heavy atom. The molecule has 56 valence electrons. The quantitative estimate of drug-likeness (QED) is 0.431. The van der Waals surface area contributed by atoms with Gasteiger partial charge in [-0.1, -0.05) is 19.9 Å². The molecule has 0 heterocycles. The van der Waals surface area contributed by atoms with E-state index in [1.54, 1.807) is 6.92 Å². The minimum Gasteiger partial charge on any atom is -0.294 e. The van der Waals surface area contributed by atoms with Gasteiger partial charge < -0.3 is 0 Å². The SMILES string of the molecule is C=C=C(C)C(=O)CCCC. The molecule has 0 radical (unpaired) electrons. The van der Waals surface area contributed by atoms with Crippen molar-refractivity contribution in [1.82, 2.24) is 0 Å². The zero-order valence-corrected chi connectivity index (χ0v) is 6.74. The van der Waals surface area contributed by atoms with Crippen LogP contribution in [-0.4, -0.2) is 5.78 Å². The van der Waals surface area contributed by atoms with Gasteiger partial charge in [-0.05, 0) is 13.3 Å². The average Bonchev–Trinajstić information content (AvgIpc) is 1.98. The Morgan fingerprint density at radius 2 is 2.20 bits per heavy atom. The van der Waals surface area contributed by atoms with E-state index in [4.69, 9.17) is 0 Å². The molecule has 0 aliphatic heterocycles. The average molecular weight is 138 g/mol. The van der Waals surface area contributed by atoms with Gasteiger partial charge in [0.15, 0.2) is 5.78 Å². The highest BCUT2D eigenvalue weighted by Crippen LogP contribution is 2.01. The van der Waals surface area contributed by atoms with Crippen LogP contribution in [0.4, 0.5) is 0 Å². The molecule has 10 heavy (non-hydrogen) atoms. The van der Waals surface area contributed by atoms with Gasteiger partial charge in [0.2, 0.25) is 0 Å². The molecule has 0 amide bonds. The van der Waals surface area contributed by atoms with Crippen molar-refractivity contribution in [2.24, 2.45) is 0 Å². The van der Waals surface area contributed by atoms with E-state index >= 15 is 0 Å². The maximum Gasteiger partial charge on any atom is 0.166 e. The molecule has 0 aliphatic rings. The van der Waals surface area contributed by atoms with Crippen molar-refractivity contribution in [3.8, 4) is 0 Å². The third-order valence-corrected chi connectivity index (χ3v) is 1.44. The van der Waals surface area contributed by atoms with Crippen molar-refractivity contribution < 1.29 is 4.79 Å². The van der Waals surface area contributed by atoms with E-state index in [1.165, 1.54) is 0 Å². The third kappa shape index (κ3) is 3.26. The third-order valence-electron chi connectivity index (χ3n) is 1.44. The lowest BCUT2D eigenvalue weighted by molar-refractivity contribution is -0.115. The smallest absolute Gasteiger partial charge is 0.166 e. The highest BCUT2D eigenvalue weighted by Gasteiger charge is 2.00. The normalized spacial score (nSPS) is 8.60. The molecular weight excluding hydrogens is 124 g/mol. The fraction of sp³-hybridized carbons (Fsp3) is 0.556. The Morgan fingerprint density at radius 3 is 2.60 bits per heavy atom. The summed E-state index contributed by atoms with van der Waals surface area (Å²) in [6.45, 7) is 7.23. The molecular formula is C9H14O. The van der Waals surface area contributed by atoms with Crippen LogP contribution in [0.5, 0.6) is 0 Å². The van der Waals surface area contributed by atoms with E-state index in [2.05, 4.69) is 19.2 Å². The van der Waals surface area contributed by atoms with Gasteiger partial charge in [0.1, 0.15) is 0 Å². The Hall–Kier alpha value is -0.810. The first-order valence-corrected chi connectivity index (χ1v) is 3.62. The van der Waals surface area contributed by atoms with Crippen LogP contribution in [-0.2, 0) is 4.79 Å². The van der Waals surface area contributed by atoms with Gasteiger partial charge in [-0.2, -0.15) is 0 Å². The van der Waals surface area contributed by atoms with Crippen LogP contribution in [0.25, 0.3) is 0 Å². The molecule has 0 saturated heterocycles. The topological polar surface area (TPSA) is 17.1 Å². The molecule has 0 rings (SSSR count). The zero-order chi connectivity index (χ0) is 7.98. The molecule has 0 fully saturated rings. The van der Waals surface area contributed by atoms with E-state index in [1.807, 2.05) is 0 Å². The minimum absolute atomic E-state index is 0.178. The lowest BCUT2D eigenvalue weighted by atomic mass is 10.1. The number of Topliss-reactive ketones (excluding diaryl/α,β-unsaturated/α-hetero) is 1. The highest BCUT2D eigenvalue weighted by molar-refractivity contribution is 5.94. The Labute approximate surface area is 62.4 Å². The zero-order valence-electron chi connectivity index (χ0n) is 6.74. The monoisotopic (exact) mass is 138 g/mol. The van der Waals surface area contributed by atoms with Gasteiger partial charge in [-0.15, -0.1) is 5.73 Å². The number of allylic oxidation sites excluding steroid dienone is 1. The Kier molecular flexibility index (Phi) is 4.61. The predicted octanol–water partition coefficient (Wildman–Crippen LogP) is 2.48. The van der Waals surface area contributed by atoms with Crippen LogP contribution < -0.4 is 0 Å². The van der Waals surface area contributed by atoms with Crippen LogP contribution >= 0.6 is 0 Å².